The predicted octanol–water partition coefficient (Wildman–Crippen LogP) is -0.764. The van der Waals surface area contributed by atoms with E-state index in [0.717, 1.165) is 0 Å². The topological polar surface area (TPSA) is 40.5 Å². The van der Waals surface area contributed by atoms with Gasteiger partial charge in [0.15, 0.2) is 0 Å². The Morgan fingerprint density at radius 1 is 0.875 bits per heavy atom. The van der Waals surface area contributed by atoms with Crippen LogP contribution in [0.3, 0.4) is 0 Å². The van der Waals surface area contributed by atoms with Crippen LogP contribution in [0.25, 0.3) is 0 Å². The Hall–Kier alpha value is 1.92. The smallest absolute Gasteiger partial charge is 0.0402 e. The third-order valence-electron chi connectivity index (χ3n) is 0. The molecule has 0 aromatic heterocycles. The van der Waals surface area contributed by atoms with Gasteiger partial charge in [-0.05, 0) is 13.8 Å². The van der Waals surface area contributed by atoms with Gasteiger partial charge in [0.25, 0.3) is 0 Å². The summed E-state index contributed by atoms with van der Waals surface area (Å²) in [5, 5.41) is 15.1. The van der Waals surface area contributed by atoms with Crippen molar-refractivity contribution in [2.75, 3.05) is 13.2 Å². The van der Waals surface area contributed by atoms with Crippen molar-refractivity contribution in [3.05, 3.63) is 0 Å². The molecule has 0 saturated carbocycles. The standard InChI is InChI=1S/2C2H6O.2Na/c2*1-2-3;;/h2*3H,2H2,1H3;;. The maximum Gasteiger partial charge on any atom is 0.0402 e. The summed E-state index contributed by atoms with van der Waals surface area (Å²) in [7, 11) is 0. The molecule has 0 atom stereocenters. The van der Waals surface area contributed by atoms with Crippen molar-refractivity contribution >= 4 is 59.1 Å². The third-order valence-corrected chi connectivity index (χ3v) is 0. The van der Waals surface area contributed by atoms with Gasteiger partial charge < -0.3 is 10.2 Å². The fourth-order valence-corrected chi connectivity index (χ4v) is 0. The Morgan fingerprint density at radius 2 is 0.875 bits per heavy atom. The average Bonchev–Trinajstić information content (AvgIpc) is 1.39. The summed E-state index contributed by atoms with van der Waals surface area (Å²) >= 11 is 0. The van der Waals surface area contributed by atoms with Crippen molar-refractivity contribution in [1.82, 2.24) is 0 Å². The molecule has 2 nitrogen and oxygen atoms in total. The number of aliphatic hydroxyl groups is 2. The van der Waals surface area contributed by atoms with E-state index in [1.165, 1.54) is 0 Å². The fraction of sp³-hybridized carbons (Fsp3) is 1.00. The molecule has 2 radical (unpaired) electrons. The number of aliphatic hydroxyl groups excluding tert-OH is 2. The Balaban J connectivity index is -0.0000000160. The molecular formula is C4H12Na2O2. The van der Waals surface area contributed by atoms with Gasteiger partial charge in [-0.3, -0.25) is 0 Å². The van der Waals surface area contributed by atoms with Crippen LogP contribution in [-0.4, -0.2) is 82.5 Å². The first-order valence-electron chi connectivity index (χ1n) is 2.05. The predicted molar refractivity (Wildman–Crippen MR) is 37.0 cm³/mol. The van der Waals surface area contributed by atoms with E-state index in [1.54, 1.807) is 13.8 Å². The Labute approximate surface area is 95.3 Å². The molecule has 0 aromatic rings. The molecule has 0 rings (SSSR count). The second-order valence-electron chi connectivity index (χ2n) is 0.632. The maximum absolute atomic E-state index is 7.57. The summed E-state index contributed by atoms with van der Waals surface area (Å²) in [6.45, 7) is 3.86. The largest absolute Gasteiger partial charge is 0.397 e. The monoisotopic (exact) mass is 138 g/mol. The normalized spacial score (nSPS) is 4.50. The molecule has 0 aliphatic rings. The van der Waals surface area contributed by atoms with Gasteiger partial charge in [0.2, 0.25) is 0 Å². The molecule has 0 heterocycles. The molecule has 0 aromatic carbocycles. The van der Waals surface area contributed by atoms with Crippen LogP contribution in [0.2, 0.25) is 0 Å². The summed E-state index contributed by atoms with van der Waals surface area (Å²) in [6.07, 6.45) is 0. The van der Waals surface area contributed by atoms with Crippen LogP contribution in [-0.2, 0) is 0 Å². The molecule has 42 valence electrons. The molecule has 0 aliphatic carbocycles. The van der Waals surface area contributed by atoms with Gasteiger partial charge in [-0.2, -0.15) is 0 Å². The summed E-state index contributed by atoms with van der Waals surface area (Å²) < 4.78 is 0. The van der Waals surface area contributed by atoms with Gasteiger partial charge >= 0.3 is 0 Å². The van der Waals surface area contributed by atoms with Gasteiger partial charge in [0.1, 0.15) is 0 Å². The quantitative estimate of drug-likeness (QED) is 0.432. The van der Waals surface area contributed by atoms with Crippen LogP contribution in [0, 0.1) is 0 Å². The van der Waals surface area contributed by atoms with Crippen LogP contribution in [0.5, 0.6) is 0 Å². The molecular weight excluding hydrogens is 126 g/mol. The number of hydrogen-bond acceptors (Lipinski definition) is 2. The molecule has 0 aliphatic heterocycles. The van der Waals surface area contributed by atoms with Gasteiger partial charge in [0, 0.05) is 72.3 Å². The van der Waals surface area contributed by atoms with E-state index in [2.05, 4.69) is 0 Å². The van der Waals surface area contributed by atoms with E-state index < -0.39 is 0 Å². The van der Waals surface area contributed by atoms with E-state index in [4.69, 9.17) is 10.2 Å². The van der Waals surface area contributed by atoms with E-state index >= 15 is 0 Å². The molecule has 0 unspecified atom stereocenters. The van der Waals surface area contributed by atoms with Crippen molar-refractivity contribution < 1.29 is 10.2 Å². The van der Waals surface area contributed by atoms with Crippen LogP contribution in [0.4, 0.5) is 0 Å². The first-order chi connectivity index (χ1) is 2.83. The van der Waals surface area contributed by atoms with Crippen LogP contribution >= 0.6 is 0 Å². The molecule has 0 bridgehead atoms. The summed E-state index contributed by atoms with van der Waals surface area (Å²) in [6, 6.07) is 0. The van der Waals surface area contributed by atoms with Crippen molar-refractivity contribution in [2.24, 2.45) is 0 Å². The summed E-state index contributed by atoms with van der Waals surface area (Å²) in [5.74, 6) is 0. The van der Waals surface area contributed by atoms with E-state index in [9.17, 15) is 0 Å². The SMILES string of the molecule is CCO.CCO.[Na].[Na]. The molecule has 0 amide bonds. The molecule has 0 fully saturated rings. The minimum absolute atomic E-state index is 0. The Morgan fingerprint density at radius 3 is 0.875 bits per heavy atom. The van der Waals surface area contributed by atoms with Crippen LogP contribution < -0.4 is 0 Å². The van der Waals surface area contributed by atoms with Gasteiger partial charge in [-0.1, -0.05) is 0 Å². The van der Waals surface area contributed by atoms with Crippen molar-refractivity contribution in [2.45, 2.75) is 13.8 Å². The van der Waals surface area contributed by atoms with Crippen LogP contribution in [0.1, 0.15) is 13.8 Å². The van der Waals surface area contributed by atoms with Gasteiger partial charge in [0.05, 0.1) is 0 Å². The molecule has 4 heteroatoms. The zero-order valence-corrected chi connectivity index (χ0v) is 10.3. The summed E-state index contributed by atoms with van der Waals surface area (Å²) in [4.78, 5) is 0. The zero-order valence-electron chi connectivity index (χ0n) is 6.31. The minimum atomic E-state index is 0. The zero-order chi connectivity index (χ0) is 5.41. The first kappa shape index (κ1) is 22.5. The van der Waals surface area contributed by atoms with Gasteiger partial charge in [-0.25, -0.2) is 0 Å². The second-order valence-corrected chi connectivity index (χ2v) is 0.632. The van der Waals surface area contributed by atoms with E-state index in [0.29, 0.717) is 0 Å². The fourth-order valence-electron chi connectivity index (χ4n) is 0. The maximum atomic E-state index is 7.57. The van der Waals surface area contributed by atoms with Crippen molar-refractivity contribution in [3.8, 4) is 0 Å². The summed E-state index contributed by atoms with van der Waals surface area (Å²) in [5.41, 5.74) is 0. The molecule has 8 heavy (non-hydrogen) atoms. The minimum Gasteiger partial charge on any atom is -0.397 e. The molecule has 0 spiro atoms. The third kappa shape index (κ3) is 103. The van der Waals surface area contributed by atoms with E-state index in [-0.39, 0.29) is 72.3 Å². The first-order valence-corrected chi connectivity index (χ1v) is 2.05. The van der Waals surface area contributed by atoms with Crippen molar-refractivity contribution in [3.63, 3.8) is 0 Å². The second kappa shape index (κ2) is 36.4. The molecule has 2 N–H and O–H groups in total. The molecule has 0 saturated heterocycles. The van der Waals surface area contributed by atoms with E-state index in [1.807, 2.05) is 0 Å². The van der Waals surface area contributed by atoms with Gasteiger partial charge in [-0.15, -0.1) is 0 Å². The number of rotatable bonds is 0. The van der Waals surface area contributed by atoms with Crippen molar-refractivity contribution in [1.29, 1.82) is 0 Å². The Kier molecular flexibility index (Phi) is 103. The number of hydrogen-bond donors (Lipinski definition) is 2. The average molecular weight is 138 g/mol. The van der Waals surface area contributed by atoms with Crippen LogP contribution in [0.15, 0.2) is 0 Å². The Bertz CT molecular complexity index is 14.0.